The summed E-state index contributed by atoms with van der Waals surface area (Å²) in [5, 5.41) is 4.25. The molecule has 0 saturated carbocycles. The molecule has 1 heterocycles. The van der Waals surface area contributed by atoms with E-state index < -0.39 is 0 Å². The fraction of sp³-hybridized carbons (Fsp3) is 0.600. The van der Waals surface area contributed by atoms with Crippen LogP contribution in [0, 0.1) is 0 Å². The lowest BCUT2D eigenvalue weighted by Gasteiger charge is -2.24. The molecule has 1 saturated heterocycles. The average molecular weight is 267 g/mol. The standard InChI is InChI=1S/C15H23ClN2/c16-14-6-8-15(9-7-14)17-10-13-18-11-4-2-1-3-5-12-18/h6-9,17H,1-5,10-13H2. The van der Waals surface area contributed by atoms with Gasteiger partial charge in [-0.25, -0.2) is 0 Å². The molecule has 0 unspecified atom stereocenters. The summed E-state index contributed by atoms with van der Waals surface area (Å²) in [4.78, 5) is 2.59. The van der Waals surface area contributed by atoms with Crippen molar-refractivity contribution in [3.8, 4) is 0 Å². The predicted octanol–water partition coefficient (Wildman–Crippen LogP) is 4.02. The maximum atomic E-state index is 5.87. The van der Waals surface area contributed by atoms with Gasteiger partial charge in [0.05, 0.1) is 0 Å². The van der Waals surface area contributed by atoms with Crippen LogP contribution in [0.5, 0.6) is 0 Å². The zero-order valence-corrected chi connectivity index (χ0v) is 11.8. The molecule has 0 radical (unpaired) electrons. The van der Waals surface area contributed by atoms with Gasteiger partial charge in [0, 0.05) is 23.8 Å². The van der Waals surface area contributed by atoms with Crippen molar-refractivity contribution in [3.05, 3.63) is 29.3 Å². The van der Waals surface area contributed by atoms with Gasteiger partial charge >= 0.3 is 0 Å². The number of hydrogen-bond acceptors (Lipinski definition) is 2. The summed E-state index contributed by atoms with van der Waals surface area (Å²) in [6, 6.07) is 7.94. The molecule has 1 aliphatic heterocycles. The van der Waals surface area contributed by atoms with E-state index in [2.05, 4.69) is 10.2 Å². The van der Waals surface area contributed by atoms with E-state index >= 15 is 0 Å². The Bertz CT molecular complexity index is 329. The fourth-order valence-electron chi connectivity index (χ4n) is 2.46. The van der Waals surface area contributed by atoms with E-state index in [9.17, 15) is 0 Å². The maximum Gasteiger partial charge on any atom is 0.0407 e. The molecule has 0 amide bonds. The van der Waals surface area contributed by atoms with E-state index in [1.54, 1.807) is 0 Å². The SMILES string of the molecule is Clc1ccc(NCCN2CCCCCCC2)cc1. The van der Waals surface area contributed by atoms with Crippen molar-refractivity contribution >= 4 is 17.3 Å². The molecule has 0 aliphatic carbocycles. The first-order valence-corrected chi connectivity index (χ1v) is 7.44. The highest BCUT2D eigenvalue weighted by Gasteiger charge is 2.07. The topological polar surface area (TPSA) is 15.3 Å². The molecule has 1 aromatic carbocycles. The molecule has 100 valence electrons. The lowest BCUT2D eigenvalue weighted by atomic mass is 10.1. The van der Waals surface area contributed by atoms with E-state index in [4.69, 9.17) is 11.6 Å². The molecule has 1 N–H and O–H groups in total. The number of likely N-dealkylation sites (tertiary alicyclic amines) is 1. The second-order valence-corrected chi connectivity index (χ2v) is 5.48. The van der Waals surface area contributed by atoms with Gasteiger partial charge in [0.25, 0.3) is 0 Å². The number of anilines is 1. The molecule has 2 rings (SSSR count). The van der Waals surface area contributed by atoms with Crippen molar-refractivity contribution in [2.24, 2.45) is 0 Å². The Hall–Kier alpha value is -0.730. The third-order valence-electron chi connectivity index (χ3n) is 3.55. The number of nitrogens with one attached hydrogen (secondary N) is 1. The van der Waals surface area contributed by atoms with Crippen LogP contribution in [-0.2, 0) is 0 Å². The summed E-state index contributed by atoms with van der Waals surface area (Å²) in [7, 11) is 0. The number of benzene rings is 1. The van der Waals surface area contributed by atoms with Crippen molar-refractivity contribution in [1.82, 2.24) is 4.90 Å². The first-order valence-electron chi connectivity index (χ1n) is 7.06. The Morgan fingerprint density at radius 3 is 2.22 bits per heavy atom. The zero-order chi connectivity index (χ0) is 12.6. The number of rotatable bonds is 4. The van der Waals surface area contributed by atoms with Crippen LogP contribution in [0.2, 0.25) is 5.02 Å². The molecule has 18 heavy (non-hydrogen) atoms. The highest BCUT2D eigenvalue weighted by Crippen LogP contribution is 2.13. The normalized spacial score (nSPS) is 18.1. The maximum absolute atomic E-state index is 5.87. The molecule has 1 fully saturated rings. The van der Waals surface area contributed by atoms with E-state index in [1.807, 2.05) is 24.3 Å². The minimum absolute atomic E-state index is 0.796. The molecular formula is C15H23ClN2. The third kappa shape index (κ3) is 4.87. The quantitative estimate of drug-likeness (QED) is 0.886. The van der Waals surface area contributed by atoms with Crippen LogP contribution in [0.1, 0.15) is 32.1 Å². The summed E-state index contributed by atoms with van der Waals surface area (Å²) in [6.45, 7) is 4.69. The fourth-order valence-corrected chi connectivity index (χ4v) is 2.59. The molecule has 0 atom stereocenters. The largest absolute Gasteiger partial charge is 0.384 e. The van der Waals surface area contributed by atoms with Crippen molar-refractivity contribution in [2.45, 2.75) is 32.1 Å². The van der Waals surface area contributed by atoms with Crippen LogP contribution < -0.4 is 5.32 Å². The Labute approximate surface area is 115 Å². The Balaban J connectivity index is 1.68. The van der Waals surface area contributed by atoms with Crippen LogP contribution >= 0.6 is 11.6 Å². The Morgan fingerprint density at radius 2 is 1.56 bits per heavy atom. The molecule has 0 bridgehead atoms. The third-order valence-corrected chi connectivity index (χ3v) is 3.80. The van der Waals surface area contributed by atoms with E-state index in [-0.39, 0.29) is 0 Å². The van der Waals surface area contributed by atoms with Crippen molar-refractivity contribution < 1.29 is 0 Å². The van der Waals surface area contributed by atoms with Crippen LogP contribution in [0.25, 0.3) is 0 Å². The summed E-state index contributed by atoms with van der Waals surface area (Å²) in [6.07, 6.45) is 6.96. The number of nitrogens with zero attached hydrogens (tertiary/aromatic N) is 1. The van der Waals surface area contributed by atoms with Gasteiger partial charge in [0.1, 0.15) is 0 Å². The van der Waals surface area contributed by atoms with Gasteiger partial charge in [-0.05, 0) is 50.2 Å². The van der Waals surface area contributed by atoms with E-state index in [0.29, 0.717) is 0 Å². The van der Waals surface area contributed by atoms with Gasteiger partial charge in [0.2, 0.25) is 0 Å². The second kappa shape index (κ2) is 7.65. The second-order valence-electron chi connectivity index (χ2n) is 5.04. The van der Waals surface area contributed by atoms with E-state index in [1.165, 1.54) is 45.2 Å². The summed E-state index contributed by atoms with van der Waals surface area (Å²) >= 11 is 5.87. The lowest BCUT2D eigenvalue weighted by Crippen LogP contribution is -2.31. The molecule has 1 aliphatic rings. The van der Waals surface area contributed by atoms with Crippen LogP contribution in [0.15, 0.2) is 24.3 Å². The highest BCUT2D eigenvalue weighted by molar-refractivity contribution is 6.30. The van der Waals surface area contributed by atoms with Crippen LogP contribution in [0.4, 0.5) is 5.69 Å². The van der Waals surface area contributed by atoms with Crippen molar-refractivity contribution in [3.63, 3.8) is 0 Å². The molecule has 2 nitrogen and oxygen atoms in total. The van der Waals surface area contributed by atoms with Crippen LogP contribution in [0.3, 0.4) is 0 Å². The smallest absolute Gasteiger partial charge is 0.0407 e. The minimum Gasteiger partial charge on any atom is -0.384 e. The van der Waals surface area contributed by atoms with Crippen LogP contribution in [-0.4, -0.2) is 31.1 Å². The Morgan fingerprint density at radius 1 is 0.944 bits per heavy atom. The van der Waals surface area contributed by atoms with Gasteiger partial charge in [-0.1, -0.05) is 30.9 Å². The van der Waals surface area contributed by atoms with Gasteiger partial charge in [0.15, 0.2) is 0 Å². The first kappa shape index (κ1) is 13.7. The molecule has 0 spiro atoms. The number of halogens is 1. The van der Waals surface area contributed by atoms with E-state index in [0.717, 1.165) is 23.8 Å². The molecule has 0 aromatic heterocycles. The lowest BCUT2D eigenvalue weighted by molar-refractivity contribution is 0.256. The van der Waals surface area contributed by atoms with Crippen molar-refractivity contribution in [2.75, 3.05) is 31.5 Å². The monoisotopic (exact) mass is 266 g/mol. The van der Waals surface area contributed by atoms with Gasteiger partial charge in [-0.15, -0.1) is 0 Å². The summed E-state index contributed by atoms with van der Waals surface area (Å²) in [5.74, 6) is 0. The minimum atomic E-state index is 0.796. The molecular weight excluding hydrogens is 244 g/mol. The first-order chi connectivity index (χ1) is 8.84. The zero-order valence-electron chi connectivity index (χ0n) is 11.0. The summed E-state index contributed by atoms with van der Waals surface area (Å²) < 4.78 is 0. The van der Waals surface area contributed by atoms with Crippen molar-refractivity contribution in [1.29, 1.82) is 0 Å². The highest BCUT2D eigenvalue weighted by atomic mass is 35.5. The average Bonchev–Trinajstić information content (AvgIpc) is 2.34. The Kier molecular flexibility index (Phi) is 5.82. The molecule has 1 aromatic rings. The van der Waals surface area contributed by atoms with Gasteiger partial charge < -0.3 is 10.2 Å². The predicted molar refractivity (Wildman–Crippen MR) is 79.5 cm³/mol. The van der Waals surface area contributed by atoms with Gasteiger partial charge in [-0.2, -0.15) is 0 Å². The van der Waals surface area contributed by atoms with Gasteiger partial charge in [-0.3, -0.25) is 0 Å². The number of hydrogen-bond donors (Lipinski definition) is 1. The molecule has 3 heteroatoms. The summed E-state index contributed by atoms with van der Waals surface area (Å²) in [5.41, 5.74) is 1.16.